The number of hydrogen-bond donors (Lipinski definition) is 3. The van der Waals surface area contributed by atoms with Crippen LogP contribution in [0.3, 0.4) is 0 Å². The highest BCUT2D eigenvalue weighted by atomic mass is 16.4. The van der Waals surface area contributed by atoms with Crippen LogP contribution < -0.4 is 11.1 Å². The summed E-state index contributed by atoms with van der Waals surface area (Å²) in [6.45, 7) is 4.27. The number of carbonyl (C=O) groups excluding carboxylic acids is 1. The molecule has 0 aliphatic carbocycles. The quantitative estimate of drug-likeness (QED) is 0.803. The zero-order chi connectivity index (χ0) is 15.8. The third kappa shape index (κ3) is 4.57. The Bertz CT molecular complexity index is 620. The molecule has 7 heteroatoms. The van der Waals surface area contributed by atoms with Crippen LogP contribution in [0.1, 0.15) is 26.7 Å². The first-order chi connectivity index (χ1) is 10.0. The summed E-state index contributed by atoms with van der Waals surface area (Å²) in [5.41, 5.74) is 6.10. The number of unbranched alkanes of at least 4 members (excludes halogenated alkanes) is 1. The maximum absolute atomic E-state index is 11.1. The smallest absolute Gasteiger partial charge is 0.418 e. The fraction of sp³-hybridized carbons (Fsp3) is 0.357. The lowest BCUT2D eigenvalue weighted by atomic mass is 10.3. The van der Waals surface area contributed by atoms with Gasteiger partial charge in [-0.15, -0.1) is 0 Å². The lowest BCUT2D eigenvalue weighted by Crippen LogP contribution is -2.16. The summed E-state index contributed by atoms with van der Waals surface area (Å²) in [5.74, 6) is -0.348. The number of fused-ring (bicyclic) bond motifs is 1. The Hall–Kier alpha value is -2.41. The number of carboxylic acid groups (broad SMARTS) is 1. The predicted octanol–water partition coefficient (Wildman–Crippen LogP) is 2.27. The molecule has 0 radical (unpaired) electrons. The summed E-state index contributed by atoms with van der Waals surface area (Å²) in [4.78, 5) is 26.0. The van der Waals surface area contributed by atoms with Crippen LogP contribution in [0, 0.1) is 0 Å². The molecule has 1 aromatic carbocycles. The number of anilines is 1. The maximum Gasteiger partial charge on any atom is 0.418 e. The fourth-order valence-corrected chi connectivity index (χ4v) is 1.67. The van der Waals surface area contributed by atoms with Gasteiger partial charge in [0.2, 0.25) is 11.9 Å². The van der Waals surface area contributed by atoms with E-state index >= 15 is 0 Å². The number of nitrogens with one attached hydrogen (secondary N) is 1. The highest BCUT2D eigenvalue weighted by Crippen LogP contribution is 2.18. The Morgan fingerprint density at radius 3 is 2.52 bits per heavy atom. The van der Waals surface area contributed by atoms with E-state index in [4.69, 9.17) is 10.8 Å². The molecule has 2 rings (SSSR count). The molecule has 114 valence electrons. The summed E-state index contributed by atoms with van der Waals surface area (Å²) < 4.78 is 0.941. The van der Waals surface area contributed by atoms with E-state index in [1.165, 1.54) is 19.8 Å². The van der Waals surface area contributed by atoms with Crippen molar-refractivity contribution in [1.82, 2.24) is 9.55 Å². The van der Waals surface area contributed by atoms with Gasteiger partial charge in [-0.2, -0.15) is 0 Å². The maximum atomic E-state index is 11.1. The van der Waals surface area contributed by atoms with Crippen LogP contribution >= 0.6 is 0 Å². The molecular formula is C14H20N4O3. The van der Waals surface area contributed by atoms with Gasteiger partial charge in [-0.25, -0.2) is 14.3 Å². The number of aromatic nitrogens is 2. The number of para-hydroxylation sites is 2. The minimum absolute atomic E-state index is 0.0150. The Labute approximate surface area is 122 Å². The van der Waals surface area contributed by atoms with Crippen molar-refractivity contribution in [2.75, 3.05) is 11.9 Å². The molecule has 1 aromatic heterocycles. The highest BCUT2D eigenvalue weighted by Gasteiger charge is 2.15. The van der Waals surface area contributed by atoms with Gasteiger partial charge in [0, 0.05) is 6.92 Å². The van der Waals surface area contributed by atoms with E-state index in [2.05, 4.69) is 17.2 Å². The van der Waals surface area contributed by atoms with Crippen molar-refractivity contribution >= 4 is 29.0 Å². The summed E-state index contributed by atoms with van der Waals surface area (Å²) in [6.07, 6.45) is 1.20. The molecule has 0 aliphatic heterocycles. The first-order valence-corrected chi connectivity index (χ1v) is 6.69. The molecule has 0 spiro atoms. The van der Waals surface area contributed by atoms with E-state index in [1.54, 1.807) is 24.3 Å². The Morgan fingerprint density at radius 1 is 1.38 bits per heavy atom. The van der Waals surface area contributed by atoms with Gasteiger partial charge < -0.3 is 10.8 Å². The third-order valence-electron chi connectivity index (χ3n) is 2.60. The predicted molar refractivity (Wildman–Crippen MR) is 81.4 cm³/mol. The summed E-state index contributed by atoms with van der Waals surface area (Å²) >= 11 is 0. The second kappa shape index (κ2) is 8.01. The van der Waals surface area contributed by atoms with E-state index in [9.17, 15) is 9.59 Å². The fourth-order valence-electron chi connectivity index (χ4n) is 1.67. The van der Waals surface area contributed by atoms with Crippen molar-refractivity contribution in [1.29, 1.82) is 0 Å². The molecule has 1 amide bonds. The Balaban J connectivity index is 0.000000383. The van der Waals surface area contributed by atoms with Crippen molar-refractivity contribution in [2.24, 2.45) is 5.73 Å². The van der Waals surface area contributed by atoms with Gasteiger partial charge in [-0.1, -0.05) is 25.5 Å². The molecular weight excluding hydrogens is 272 g/mol. The van der Waals surface area contributed by atoms with Crippen LogP contribution in [0.2, 0.25) is 0 Å². The number of nitrogens with two attached hydrogens (primary N) is 1. The van der Waals surface area contributed by atoms with E-state index in [1.807, 2.05) is 0 Å². The molecule has 4 N–H and O–H groups in total. The Morgan fingerprint density at radius 2 is 2.05 bits per heavy atom. The molecule has 0 saturated heterocycles. The van der Waals surface area contributed by atoms with Crippen molar-refractivity contribution in [3.8, 4) is 0 Å². The molecule has 21 heavy (non-hydrogen) atoms. The van der Waals surface area contributed by atoms with Crippen molar-refractivity contribution in [3.05, 3.63) is 24.3 Å². The number of nitrogens with zero attached hydrogens (tertiary/aromatic N) is 2. The van der Waals surface area contributed by atoms with E-state index in [-0.39, 0.29) is 11.9 Å². The van der Waals surface area contributed by atoms with E-state index < -0.39 is 6.09 Å². The van der Waals surface area contributed by atoms with E-state index in [0.717, 1.165) is 11.1 Å². The normalized spacial score (nSPS) is 9.86. The standard InChI is InChI=1S/C10H9N3O3.C4H11N/c1-6(14)11-9-12-7-4-2-3-5-8(7)13(9)10(15)16;1-2-3-4-5/h2-5H,1H3,(H,15,16)(H,11,12,14);2-5H2,1H3. The Kier molecular flexibility index (Phi) is 6.35. The van der Waals surface area contributed by atoms with E-state index in [0.29, 0.717) is 11.0 Å². The minimum Gasteiger partial charge on any atom is -0.464 e. The first-order valence-electron chi connectivity index (χ1n) is 6.69. The van der Waals surface area contributed by atoms with Crippen LogP contribution in [0.25, 0.3) is 11.0 Å². The monoisotopic (exact) mass is 292 g/mol. The van der Waals surface area contributed by atoms with Gasteiger partial charge in [-0.05, 0) is 25.1 Å². The molecule has 0 fully saturated rings. The summed E-state index contributed by atoms with van der Waals surface area (Å²) in [6, 6.07) is 6.77. The molecule has 7 nitrogen and oxygen atoms in total. The lowest BCUT2D eigenvalue weighted by molar-refractivity contribution is -0.114. The summed E-state index contributed by atoms with van der Waals surface area (Å²) in [5, 5.41) is 11.4. The highest BCUT2D eigenvalue weighted by molar-refractivity contribution is 5.95. The zero-order valence-electron chi connectivity index (χ0n) is 12.2. The lowest BCUT2D eigenvalue weighted by Gasteiger charge is -2.02. The summed E-state index contributed by atoms with van der Waals surface area (Å²) in [7, 11) is 0. The van der Waals surface area contributed by atoms with Crippen LogP contribution in [0.5, 0.6) is 0 Å². The van der Waals surface area contributed by atoms with Crippen molar-refractivity contribution < 1.29 is 14.7 Å². The van der Waals surface area contributed by atoms with Gasteiger partial charge in [-0.3, -0.25) is 10.1 Å². The molecule has 0 aliphatic rings. The number of hydrogen-bond acceptors (Lipinski definition) is 4. The zero-order valence-corrected chi connectivity index (χ0v) is 12.2. The van der Waals surface area contributed by atoms with Gasteiger partial charge >= 0.3 is 6.09 Å². The number of amides is 1. The molecule has 0 atom stereocenters. The van der Waals surface area contributed by atoms with Crippen molar-refractivity contribution in [3.63, 3.8) is 0 Å². The topological polar surface area (TPSA) is 110 Å². The second-order valence-electron chi connectivity index (χ2n) is 4.37. The average Bonchev–Trinajstić information content (AvgIpc) is 2.77. The largest absolute Gasteiger partial charge is 0.464 e. The third-order valence-corrected chi connectivity index (χ3v) is 2.60. The second-order valence-corrected chi connectivity index (χ2v) is 4.37. The molecule has 0 bridgehead atoms. The molecule has 0 unspecified atom stereocenters. The SMILES string of the molecule is CC(=O)Nc1nc2ccccc2n1C(=O)O.CCCCN. The van der Waals surface area contributed by atoms with Crippen LogP contribution in [-0.4, -0.2) is 33.2 Å². The number of imidazole rings is 1. The minimum atomic E-state index is -1.18. The van der Waals surface area contributed by atoms with Crippen LogP contribution in [0.15, 0.2) is 24.3 Å². The first kappa shape index (κ1) is 16.6. The number of rotatable bonds is 3. The van der Waals surface area contributed by atoms with Gasteiger partial charge in [0.05, 0.1) is 11.0 Å². The molecule has 2 aromatic rings. The van der Waals surface area contributed by atoms with Gasteiger partial charge in [0.15, 0.2) is 0 Å². The molecule has 0 saturated carbocycles. The number of benzene rings is 1. The number of carbonyl (C=O) groups is 2. The van der Waals surface area contributed by atoms with Crippen LogP contribution in [0.4, 0.5) is 10.7 Å². The van der Waals surface area contributed by atoms with Gasteiger partial charge in [0.25, 0.3) is 0 Å². The molecule has 1 heterocycles. The van der Waals surface area contributed by atoms with Crippen molar-refractivity contribution in [2.45, 2.75) is 26.7 Å². The average molecular weight is 292 g/mol. The van der Waals surface area contributed by atoms with Gasteiger partial charge in [0.1, 0.15) is 0 Å². The van der Waals surface area contributed by atoms with Crippen LogP contribution in [-0.2, 0) is 4.79 Å².